The first-order chi connectivity index (χ1) is 14.7. The van der Waals surface area contributed by atoms with Crippen LogP contribution in [0.2, 0.25) is 0 Å². The number of nitrogens with zero attached hydrogens (tertiary/aromatic N) is 1. The van der Waals surface area contributed by atoms with Crippen LogP contribution in [0.15, 0.2) is 18.2 Å². The van der Waals surface area contributed by atoms with Gasteiger partial charge in [0, 0.05) is 25.2 Å². The van der Waals surface area contributed by atoms with E-state index in [1.807, 2.05) is 6.92 Å². The average molecular weight is 439 g/mol. The highest BCUT2D eigenvalue weighted by Gasteiger charge is 2.30. The van der Waals surface area contributed by atoms with Gasteiger partial charge in [-0.2, -0.15) is 0 Å². The van der Waals surface area contributed by atoms with Crippen molar-refractivity contribution in [2.24, 2.45) is 11.8 Å². The van der Waals surface area contributed by atoms with Gasteiger partial charge in [0.05, 0.1) is 11.5 Å². The van der Waals surface area contributed by atoms with Gasteiger partial charge in [0.15, 0.2) is 6.61 Å². The number of halogens is 2. The molecule has 1 aliphatic rings. The zero-order valence-corrected chi connectivity index (χ0v) is 18.5. The minimum absolute atomic E-state index is 0.0195. The lowest BCUT2D eigenvalue weighted by molar-refractivity contribution is -0.154. The lowest BCUT2D eigenvalue weighted by Crippen LogP contribution is -2.41. The minimum Gasteiger partial charge on any atom is -0.455 e. The number of nitrogens with one attached hydrogen (secondary N) is 1. The van der Waals surface area contributed by atoms with Gasteiger partial charge in [0.25, 0.3) is 11.8 Å². The van der Waals surface area contributed by atoms with Crippen molar-refractivity contribution in [3.63, 3.8) is 0 Å². The van der Waals surface area contributed by atoms with Crippen molar-refractivity contribution in [2.45, 2.75) is 58.9 Å². The maximum Gasteiger partial charge on any atom is 0.309 e. The van der Waals surface area contributed by atoms with Gasteiger partial charge >= 0.3 is 5.97 Å². The summed E-state index contributed by atoms with van der Waals surface area (Å²) in [6, 6.07) is 2.85. The molecule has 1 aromatic rings. The Balaban J connectivity index is 1.71. The van der Waals surface area contributed by atoms with Gasteiger partial charge in [-0.3, -0.25) is 14.4 Å². The Bertz CT molecular complexity index is 777. The molecule has 1 saturated heterocycles. The highest BCUT2D eigenvalue weighted by Crippen LogP contribution is 2.21. The molecule has 0 radical (unpaired) electrons. The van der Waals surface area contributed by atoms with Crippen molar-refractivity contribution in [3.8, 4) is 0 Å². The molecule has 0 spiro atoms. The van der Waals surface area contributed by atoms with Gasteiger partial charge in [-0.05, 0) is 44.2 Å². The summed E-state index contributed by atoms with van der Waals surface area (Å²) < 4.78 is 32.0. The van der Waals surface area contributed by atoms with E-state index in [1.165, 1.54) is 4.90 Å². The van der Waals surface area contributed by atoms with Crippen molar-refractivity contribution in [3.05, 3.63) is 35.4 Å². The van der Waals surface area contributed by atoms with Crippen LogP contribution in [-0.4, -0.2) is 48.4 Å². The molecule has 1 aromatic carbocycles. The van der Waals surface area contributed by atoms with Crippen LogP contribution >= 0.6 is 0 Å². The number of piperidine rings is 1. The fraction of sp³-hybridized carbons (Fsp3) is 0.609. The Morgan fingerprint density at radius 3 is 2.42 bits per heavy atom. The van der Waals surface area contributed by atoms with E-state index < -0.39 is 29.4 Å². The Morgan fingerprint density at radius 2 is 1.81 bits per heavy atom. The number of likely N-dealkylation sites (tertiary alicyclic amines) is 1. The molecule has 2 amide bonds. The average Bonchev–Trinajstić information content (AvgIpc) is 2.71. The summed E-state index contributed by atoms with van der Waals surface area (Å²) >= 11 is 0. The first-order valence-corrected chi connectivity index (χ1v) is 10.9. The van der Waals surface area contributed by atoms with Crippen molar-refractivity contribution >= 4 is 17.8 Å². The molecule has 2 rings (SSSR count). The van der Waals surface area contributed by atoms with Gasteiger partial charge in [0.1, 0.15) is 11.6 Å². The van der Waals surface area contributed by atoms with Crippen LogP contribution in [-0.2, 0) is 14.3 Å². The molecule has 172 valence electrons. The van der Waals surface area contributed by atoms with E-state index in [-0.39, 0.29) is 37.2 Å². The standard InChI is InChI=1S/C23H32F2N2O4/c1-15(2)5-4-6-16(3)26-21(28)14-31-23(30)17-9-11-27(12-10-17)22(29)19-8-7-18(24)13-20(19)25/h7-8,13,15-17H,4-6,9-12,14H2,1-3H3,(H,26,28). The molecule has 6 nitrogen and oxygen atoms in total. The van der Waals surface area contributed by atoms with E-state index in [0.29, 0.717) is 24.8 Å². The molecule has 0 saturated carbocycles. The van der Waals surface area contributed by atoms with Crippen molar-refractivity contribution in [1.82, 2.24) is 10.2 Å². The summed E-state index contributed by atoms with van der Waals surface area (Å²) in [6.07, 6.45) is 3.72. The number of rotatable bonds is 9. The predicted octanol–water partition coefficient (Wildman–Crippen LogP) is 3.69. The first-order valence-electron chi connectivity index (χ1n) is 10.9. The smallest absolute Gasteiger partial charge is 0.309 e. The molecule has 0 aliphatic carbocycles. The van der Waals surface area contributed by atoms with Crippen molar-refractivity contribution in [1.29, 1.82) is 0 Å². The second-order valence-corrected chi connectivity index (χ2v) is 8.59. The van der Waals surface area contributed by atoms with Gasteiger partial charge in [-0.1, -0.05) is 26.7 Å². The molecule has 8 heteroatoms. The van der Waals surface area contributed by atoms with Crippen molar-refractivity contribution in [2.75, 3.05) is 19.7 Å². The highest BCUT2D eigenvalue weighted by atomic mass is 19.1. The second-order valence-electron chi connectivity index (χ2n) is 8.59. The van der Waals surface area contributed by atoms with Crippen LogP contribution < -0.4 is 5.32 Å². The van der Waals surface area contributed by atoms with E-state index in [9.17, 15) is 23.2 Å². The number of hydrogen-bond acceptors (Lipinski definition) is 4. The molecule has 1 N–H and O–H groups in total. The Morgan fingerprint density at radius 1 is 1.13 bits per heavy atom. The molecular formula is C23H32F2N2O4. The third-order valence-corrected chi connectivity index (χ3v) is 5.45. The maximum atomic E-state index is 13.8. The van der Waals surface area contributed by atoms with Gasteiger partial charge in [0.2, 0.25) is 0 Å². The number of amides is 2. The molecule has 1 fully saturated rings. The summed E-state index contributed by atoms with van der Waals surface area (Å²) in [5, 5.41) is 2.83. The number of ether oxygens (including phenoxy) is 1. The summed E-state index contributed by atoms with van der Waals surface area (Å²) in [5.74, 6) is -2.78. The molecule has 31 heavy (non-hydrogen) atoms. The van der Waals surface area contributed by atoms with E-state index in [1.54, 1.807) is 0 Å². The third kappa shape index (κ3) is 7.92. The van der Waals surface area contributed by atoms with Crippen LogP contribution in [0.5, 0.6) is 0 Å². The molecule has 1 aliphatic heterocycles. The van der Waals surface area contributed by atoms with Gasteiger partial charge < -0.3 is 15.0 Å². The number of carbonyl (C=O) groups is 3. The molecule has 1 unspecified atom stereocenters. The quantitative estimate of drug-likeness (QED) is 0.597. The molecule has 1 heterocycles. The summed E-state index contributed by atoms with van der Waals surface area (Å²) in [4.78, 5) is 38.1. The Labute approximate surface area is 182 Å². The van der Waals surface area contributed by atoms with Gasteiger partial charge in [-0.25, -0.2) is 8.78 Å². The zero-order valence-electron chi connectivity index (χ0n) is 18.5. The largest absolute Gasteiger partial charge is 0.455 e. The van der Waals surface area contributed by atoms with E-state index >= 15 is 0 Å². The Kier molecular flexibility index (Phi) is 9.40. The third-order valence-electron chi connectivity index (χ3n) is 5.45. The summed E-state index contributed by atoms with van der Waals surface area (Å²) in [7, 11) is 0. The molecule has 0 bridgehead atoms. The fourth-order valence-electron chi connectivity index (χ4n) is 3.63. The predicted molar refractivity (Wildman–Crippen MR) is 112 cm³/mol. The monoisotopic (exact) mass is 438 g/mol. The summed E-state index contributed by atoms with van der Waals surface area (Å²) in [6.45, 7) is 6.43. The molecule has 0 aromatic heterocycles. The van der Waals surface area contributed by atoms with Crippen LogP contribution in [0.1, 0.15) is 63.2 Å². The minimum atomic E-state index is -0.907. The topological polar surface area (TPSA) is 75.7 Å². The number of hydrogen-bond donors (Lipinski definition) is 1. The first kappa shape index (κ1) is 24.8. The lowest BCUT2D eigenvalue weighted by Gasteiger charge is -2.31. The SMILES string of the molecule is CC(C)CCCC(C)NC(=O)COC(=O)C1CCN(C(=O)c2ccc(F)cc2F)CC1. The second kappa shape index (κ2) is 11.8. The number of benzene rings is 1. The van der Waals surface area contributed by atoms with Gasteiger partial charge in [-0.15, -0.1) is 0 Å². The van der Waals surface area contributed by atoms with E-state index in [0.717, 1.165) is 31.4 Å². The zero-order chi connectivity index (χ0) is 23.0. The number of esters is 1. The van der Waals surface area contributed by atoms with Crippen LogP contribution in [0.3, 0.4) is 0 Å². The number of carbonyl (C=O) groups excluding carboxylic acids is 3. The lowest BCUT2D eigenvalue weighted by atomic mass is 9.96. The van der Waals surface area contributed by atoms with Crippen molar-refractivity contribution < 1.29 is 27.9 Å². The van der Waals surface area contributed by atoms with Crippen LogP contribution in [0.4, 0.5) is 8.78 Å². The van der Waals surface area contributed by atoms with E-state index in [4.69, 9.17) is 4.74 Å². The normalized spacial score (nSPS) is 15.6. The van der Waals surface area contributed by atoms with Crippen LogP contribution in [0.25, 0.3) is 0 Å². The maximum absolute atomic E-state index is 13.8. The fourth-order valence-corrected chi connectivity index (χ4v) is 3.63. The van der Waals surface area contributed by atoms with E-state index in [2.05, 4.69) is 19.2 Å². The molecule has 1 atom stereocenters. The molecular weight excluding hydrogens is 406 g/mol. The van der Waals surface area contributed by atoms with Crippen LogP contribution in [0, 0.1) is 23.5 Å². The summed E-state index contributed by atoms with van der Waals surface area (Å²) in [5.41, 5.74) is -0.193. The highest BCUT2D eigenvalue weighted by molar-refractivity contribution is 5.94. The Hall–Kier alpha value is -2.51.